The lowest BCUT2D eigenvalue weighted by Gasteiger charge is -2.29. The molecule has 8 nitrogen and oxygen atoms in total. The molecule has 4 rings (SSSR count). The number of rotatable bonds is 6. The van der Waals surface area contributed by atoms with Crippen molar-refractivity contribution in [3.63, 3.8) is 0 Å². The predicted octanol–water partition coefficient (Wildman–Crippen LogP) is 3.70. The summed E-state index contributed by atoms with van der Waals surface area (Å²) in [7, 11) is 0. The standard InChI is InChI=1S/C22H24N6O2/c1-4-13-30-18-12-8-6-10-16(18)20-19(15(3)23-22-25-26-27-28(20)22)21(29)24-17-11-7-5-9-14(17)2/h5-12,20H,4,13H2,1-3H3,(H,24,29)(H,23,25,27)/t20-/m0/s1. The van der Waals surface area contributed by atoms with Crippen molar-refractivity contribution in [3.05, 3.63) is 70.9 Å². The first-order chi connectivity index (χ1) is 14.6. The van der Waals surface area contributed by atoms with E-state index in [1.807, 2.05) is 62.4 Å². The van der Waals surface area contributed by atoms with Gasteiger partial charge in [-0.2, -0.15) is 4.68 Å². The molecule has 0 radical (unpaired) electrons. The maximum atomic E-state index is 13.4. The monoisotopic (exact) mass is 404 g/mol. The van der Waals surface area contributed by atoms with E-state index in [2.05, 4.69) is 33.1 Å². The minimum atomic E-state index is -0.520. The van der Waals surface area contributed by atoms with Crippen molar-refractivity contribution in [3.8, 4) is 5.75 Å². The Morgan fingerprint density at radius 3 is 2.73 bits per heavy atom. The molecule has 0 fully saturated rings. The van der Waals surface area contributed by atoms with Crippen LogP contribution >= 0.6 is 0 Å². The summed E-state index contributed by atoms with van der Waals surface area (Å²) < 4.78 is 7.59. The molecule has 8 heteroatoms. The fourth-order valence-electron chi connectivity index (χ4n) is 3.55. The van der Waals surface area contributed by atoms with Crippen LogP contribution in [0.25, 0.3) is 0 Å². The molecule has 2 aromatic carbocycles. The molecule has 0 spiro atoms. The molecule has 2 heterocycles. The molecule has 0 unspecified atom stereocenters. The van der Waals surface area contributed by atoms with Crippen LogP contribution in [0.15, 0.2) is 59.8 Å². The first kappa shape index (κ1) is 19.6. The number of ether oxygens (including phenoxy) is 1. The van der Waals surface area contributed by atoms with Gasteiger partial charge in [-0.1, -0.05) is 48.4 Å². The largest absolute Gasteiger partial charge is 0.493 e. The molecule has 0 aliphatic carbocycles. The molecule has 2 N–H and O–H groups in total. The van der Waals surface area contributed by atoms with Gasteiger partial charge in [-0.05, 0) is 48.4 Å². The Bertz CT molecular complexity index is 1100. The van der Waals surface area contributed by atoms with Crippen molar-refractivity contribution in [1.82, 2.24) is 20.2 Å². The molecular formula is C22H24N6O2. The fourth-order valence-corrected chi connectivity index (χ4v) is 3.55. The van der Waals surface area contributed by atoms with Gasteiger partial charge in [0.2, 0.25) is 5.95 Å². The van der Waals surface area contributed by atoms with Crippen molar-refractivity contribution in [2.75, 3.05) is 17.2 Å². The van der Waals surface area contributed by atoms with Crippen LogP contribution < -0.4 is 15.4 Å². The summed E-state index contributed by atoms with van der Waals surface area (Å²) in [4.78, 5) is 13.4. The summed E-state index contributed by atoms with van der Waals surface area (Å²) in [5.74, 6) is 0.975. The summed E-state index contributed by atoms with van der Waals surface area (Å²) >= 11 is 0. The number of benzene rings is 2. The van der Waals surface area contributed by atoms with E-state index in [-0.39, 0.29) is 5.91 Å². The summed E-state index contributed by atoms with van der Waals surface area (Å²) in [6, 6.07) is 14.8. The quantitative estimate of drug-likeness (QED) is 0.651. The number of para-hydroxylation sites is 2. The molecule has 30 heavy (non-hydrogen) atoms. The Morgan fingerprint density at radius 1 is 1.17 bits per heavy atom. The third kappa shape index (κ3) is 3.63. The first-order valence-electron chi connectivity index (χ1n) is 9.94. The number of amides is 1. The average Bonchev–Trinajstić information content (AvgIpc) is 3.21. The van der Waals surface area contributed by atoms with E-state index >= 15 is 0 Å². The van der Waals surface area contributed by atoms with E-state index in [9.17, 15) is 4.79 Å². The van der Waals surface area contributed by atoms with Crippen LogP contribution in [-0.4, -0.2) is 32.7 Å². The van der Waals surface area contributed by atoms with E-state index in [4.69, 9.17) is 4.74 Å². The lowest BCUT2D eigenvalue weighted by molar-refractivity contribution is -0.113. The highest BCUT2D eigenvalue weighted by atomic mass is 16.5. The zero-order valence-corrected chi connectivity index (χ0v) is 17.2. The zero-order valence-electron chi connectivity index (χ0n) is 17.2. The second-order valence-electron chi connectivity index (χ2n) is 7.17. The van der Waals surface area contributed by atoms with Gasteiger partial charge < -0.3 is 15.4 Å². The van der Waals surface area contributed by atoms with Gasteiger partial charge in [0.05, 0.1) is 12.2 Å². The summed E-state index contributed by atoms with van der Waals surface area (Å²) in [6.45, 7) is 6.45. The van der Waals surface area contributed by atoms with Crippen molar-refractivity contribution >= 4 is 17.5 Å². The Hall–Kier alpha value is -3.68. The van der Waals surface area contributed by atoms with Crippen LogP contribution in [0.3, 0.4) is 0 Å². The molecule has 1 aliphatic heterocycles. The highest BCUT2D eigenvalue weighted by Crippen LogP contribution is 2.39. The van der Waals surface area contributed by atoms with Crippen molar-refractivity contribution < 1.29 is 9.53 Å². The Labute approximate surface area is 174 Å². The van der Waals surface area contributed by atoms with Gasteiger partial charge in [-0.25, -0.2) is 0 Å². The van der Waals surface area contributed by atoms with Gasteiger partial charge in [0.15, 0.2) is 0 Å². The van der Waals surface area contributed by atoms with Gasteiger partial charge in [0, 0.05) is 16.9 Å². The number of hydrogen-bond acceptors (Lipinski definition) is 6. The summed E-state index contributed by atoms with van der Waals surface area (Å²) in [5.41, 5.74) is 3.80. The van der Waals surface area contributed by atoms with Crippen LogP contribution in [0.2, 0.25) is 0 Å². The summed E-state index contributed by atoms with van der Waals surface area (Å²) in [5, 5.41) is 18.2. The van der Waals surface area contributed by atoms with Crippen LogP contribution in [0.4, 0.5) is 11.6 Å². The third-order valence-electron chi connectivity index (χ3n) is 5.03. The number of aryl methyl sites for hydroxylation is 1. The smallest absolute Gasteiger partial charge is 0.255 e. The lowest BCUT2D eigenvalue weighted by atomic mass is 9.94. The second-order valence-corrected chi connectivity index (χ2v) is 7.17. The number of aromatic nitrogens is 4. The molecule has 1 atom stereocenters. The maximum absolute atomic E-state index is 13.4. The number of anilines is 2. The molecule has 0 saturated carbocycles. The van der Waals surface area contributed by atoms with Crippen LogP contribution in [0.5, 0.6) is 5.75 Å². The normalized spacial score (nSPS) is 15.4. The molecular weight excluding hydrogens is 380 g/mol. The Morgan fingerprint density at radius 2 is 1.93 bits per heavy atom. The van der Waals surface area contributed by atoms with Crippen molar-refractivity contribution in [2.45, 2.75) is 33.2 Å². The van der Waals surface area contributed by atoms with Gasteiger partial charge in [-0.3, -0.25) is 4.79 Å². The second kappa shape index (κ2) is 8.36. The topological polar surface area (TPSA) is 94.0 Å². The molecule has 3 aromatic rings. The number of tetrazole rings is 1. The number of carbonyl (C=O) groups is 1. The number of allylic oxidation sites excluding steroid dienone is 1. The molecule has 154 valence electrons. The number of nitrogens with one attached hydrogen (secondary N) is 2. The number of carbonyl (C=O) groups excluding carboxylic acids is 1. The van der Waals surface area contributed by atoms with Crippen molar-refractivity contribution in [2.24, 2.45) is 0 Å². The van der Waals surface area contributed by atoms with E-state index in [0.29, 0.717) is 29.6 Å². The van der Waals surface area contributed by atoms with Crippen LogP contribution in [0.1, 0.15) is 37.4 Å². The Kier molecular flexibility index (Phi) is 5.47. The van der Waals surface area contributed by atoms with E-state index < -0.39 is 6.04 Å². The Balaban J connectivity index is 1.79. The minimum Gasteiger partial charge on any atom is -0.493 e. The van der Waals surface area contributed by atoms with Gasteiger partial charge >= 0.3 is 0 Å². The zero-order chi connectivity index (χ0) is 21.1. The third-order valence-corrected chi connectivity index (χ3v) is 5.03. The van der Waals surface area contributed by atoms with E-state index in [0.717, 1.165) is 23.2 Å². The van der Waals surface area contributed by atoms with Gasteiger partial charge in [0.1, 0.15) is 11.8 Å². The highest BCUT2D eigenvalue weighted by molar-refractivity contribution is 6.06. The average molecular weight is 404 g/mol. The molecule has 0 saturated heterocycles. The highest BCUT2D eigenvalue weighted by Gasteiger charge is 2.35. The summed E-state index contributed by atoms with van der Waals surface area (Å²) in [6.07, 6.45) is 0.881. The maximum Gasteiger partial charge on any atom is 0.255 e. The molecule has 1 aliphatic rings. The molecule has 1 aromatic heterocycles. The first-order valence-corrected chi connectivity index (χ1v) is 9.94. The van der Waals surface area contributed by atoms with Gasteiger partial charge in [0.25, 0.3) is 5.91 Å². The molecule has 0 bridgehead atoms. The van der Waals surface area contributed by atoms with Crippen molar-refractivity contribution in [1.29, 1.82) is 0 Å². The predicted molar refractivity (Wildman–Crippen MR) is 114 cm³/mol. The SMILES string of the molecule is CCCOc1ccccc1[C@H]1C(C(=O)Nc2ccccc2C)=C(C)Nc2nnnn21. The van der Waals surface area contributed by atoms with Crippen LogP contribution in [-0.2, 0) is 4.79 Å². The number of nitrogens with zero attached hydrogens (tertiary/aromatic N) is 4. The van der Waals surface area contributed by atoms with Gasteiger partial charge in [-0.15, -0.1) is 0 Å². The minimum absolute atomic E-state index is 0.217. The van der Waals surface area contributed by atoms with E-state index in [1.54, 1.807) is 4.68 Å². The van der Waals surface area contributed by atoms with Crippen LogP contribution in [0, 0.1) is 6.92 Å². The number of hydrogen-bond donors (Lipinski definition) is 2. The number of fused-ring (bicyclic) bond motifs is 1. The lowest BCUT2D eigenvalue weighted by Crippen LogP contribution is -2.32. The molecule has 1 amide bonds. The fraction of sp³-hybridized carbons (Fsp3) is 0.273. The van der Waals surface area contributed by atoms with E-state index in [1.165, 1.54) is 0 Å².